The smallest absolute Gasteiger partial charge is 0.223 e. The van der Waals surface area contributed by atoms with Gasteiger partial charge in [0.1, 0.15) is 11.6 Å². The second-order valence-electron chi connectivity index (χ2n) is 9.71. The fourth-order valence-corrected chi connectivity index (χ4v) is 5.04. The van der Waals surface area contributed by atoms with Crippen molar-refractivity contribution >= 4 is 16.9 Å². The fourth-order valence-electron chi connectivity index (χ4n) is 5.04. The number of likely N-dealkylation sites (tertiary alicyclic amines) is 1. The van der Waals surface area contributed by atoms with E-state index < -0.39 is 0 Å². The lowest BCUT2D eigenvalue weighted by Crippen LogP contribution is -2.40. The molecule has 1 aromatic heterocycles. The number of fused-ring (bicyclic) bond motifs is 1. The number of benzene rings is 3. The number of aromatic nitrogens is 2. The van der Waals surface area contributed by atoms with Crippen LogP contribution < -0.4 is 10.1 Å². The molecule has 1 amide bonds. The van der Waals surface area contributed by atoms with Crippen molar-refractivity contribution in [3.63, 3.8) is 0 Å². The zero-order chi connectivity index (χ0) is 24.9. The van der Waals surface area contributed by atoms with E-state index in [1.165, 1.54) is 11.1 Å². The van der Waals surface area contributed by atoms with Crippen LogP contribution in [-0.2, 0) is 24.4 Å². The summed E-state index contributed by atoms with van der Waals surface area (Å²) in [5.74, 6) is 2.17. The molecule has 1 aliphatic heterocycles. The number of amides is 1. The van der Waals surface area contributed by atoms with Gasteiger partial charge in [0, 0.05) is 19.0 Å². The van der Waals surface area contributed by atoms with Crippen LogP contribution in [0, 0.1) is 12.8 Å². The van der Waals surface area contributed by atoms with Crippen molar-refractivity contribution in [2.75, 3.05) is 20.2 Å². The minimum Gasteiger partial charge on any atom is -0.497 e. The summed E-state index contributed by atoms with van der Waals surface area (Å²) in [6.07, 6.45) is 1.75. The molecule has 6 nitrogen and oxygen atoms in total. The molecule has 0 aliphatic carbocycles. The second kappa shape index (κ2) is 11.0. The zero-order valence-corrected chi connectivity index (χ0v) is 21.1. The number of carbonyl (C=O) groups excluding carboxylic acids is 1. The molecule has 0 atom stereocenters. The Morgan fingerprint density at radius 2 is 1.75 bits per heavy atom. The number of nitrogens with one attached hydrogen (secondary N) is 1. The molecule has 0 unspecified atom stereocenters. The van der Waals surface area contributed by atoms with E-state index in [-0.39, 0.29) is 11.8 Å². The van der Waals surface area contributed by atoms with Gasteiger partial charge in [0.15, 0.2) is 0 Å². The summed E-state index contributed by atoms with van der Waals surface area (Å²) >= 11 is 0. The Morgan fingerprint density at radius 3 is 2.50 bits per heavy atom. The van der Waals surface area contributed by atoms with Crippen molar-refractivity contribution in [3.05, 3.63) is 95.3 Å². The molecule has 1 aliphatic rings. The van der Waals surface area contributed by atoms with Gasteiger partial charge >= 0.3 is 0 Å². The van der Waals surface area contributed by atoms with Crippen molar-refractivity contribution in [1.29, 1.82) is 0 Å². The molecule has 0 spiro atoms. The average Bonchev–Trinajstić information content (AvgIpc) is 3.25. The van der Waals surface area contributed by atoms with Crippen LogP contribution >= 0.6 is 0 Å². The van der Waals surface area contributed by atoms with Crippen LogP contribution in [0.1, 0.15) is 35.4 Å². The average molecular weight is 483 g/mol. The van der Waals surface area contributed by atoms with Gasteiger partial charge < -0.3 is 14.6 Å². The number of carbonyl (C=O) groups is 1. The molecule has 186 valence electrons. The molecule has 1 saturated heterocycles. The zero-order valence-electron chi connectivity index (χ0n) is 21.1. The predicted molar refractivity (Wildman–Crippen MR) is 143 cm³/mol. The summed E-state index contributed by atoms with van der Waals surface area (Å²) in [5, 5.41) is 3.14. The molecule has 0 radical (unpaired) electrons. The SMILES string of the molecule is COc1ccc(Cn2c(CN3CCC(C(=O)NCc4cccc(C)c4)CC3)nc3ccccc32)cc1. The van der Waals surface area contributed by atoms with Crippen molar-refractivity contribution < 1.29 is 9.53 Å². The number of aryl methyl sites for hydroxylation is 1. The molecule has 36 heavy (non-hydrogen) atoms. The monoisotopic (exact) mass is 482 g/mol. The molecule has 5 rings (SSSR count). The van der Waals surface area contributed by atoms with Crippen LogP contribution in [0.5, 0.6) is 5.75 Å². The van der Waals surface area contributed by atoms with Crippen LogP contribution in [0.4, 0.5) is 0 Å². The lowest BCUT2D eigenvalue weighted by molar-refractivity contribution is -0.126. The fraction of sp³-hybridized carbons (Fsp3) is 0.333. The van der Waals surface area contributed by atoms with Crippen LogP contribution in [0.2, 0.25) is 0 Å². The quantitative estimate of drug-likeness (QED) is 0.387. The number of ether oxygens (including phenoxy) is 1. The predicted octanol–water partition coefficient (Wildman–Crippen LogP) is 4.93. The van der Waals surface area contributed by atoms with Crippen molar-refractivity contribution in [3.8, 4) is 5.75 Å². The van der Waals surface area contributed by atoms with E-state index in [1.807, 2.05) is 24.3 Å². The van der Waals surface area contributed by atoms with Gasteiger partial charge in [-0.3, -0.25) is 9.69 Å². The first kappa shape index (κ1) is 24.1. The molecule has 2 heterocycles. The Hall–Kier alpha value is -3.64. The summed E-state index contributed by atoms with van der Waals surface area (Å²) in [7, 11) is 1.69. The molecule has 0 saturated carbocycles. The summed E-state index contributed by atoms with van der Waals surface area (Å²) in [6.45, 7) is 6.01. The van der Waals surface area contributed by atoms with E-state index in [0.717, 1.165) is 67.2 Å². The van der Waals surface area contributed by atoms with E-state index in [2.05, 4.69) is 70.2 Å². The second-order valence-corrected chi connectivity index (χ2v) is 9.71. The third-order valence-corrected chi connectivity index (χ3v) is 7.11. The lowest BCUT2D eigenvalue weighted by atomic mass is 9.95. The van der Waals surface area contributed by atoms with Crippen LogP contribution in [0.15, 0.2) is 72.8 Å². The number of nitrogens with zero attached hydrogens (tertiary/aromatic N) is 3. The van der Waals surface area contributed by atoms with Crippen LogP contribution in [-0.4, -0.2) is 40.6 Å². The minimum atomic E-state index is 0.0733. The summed E-state index contributed by atoms with van der Waals surface area (Å²) in [4.78, 5) is 20.2. The van der Waals surface area contributed by atoms with Gasteiger partial charge in [-0.15, -0.1) is 0 Å². The van der Waals surface area contributed by atoms with E-state index in [1.54, 1.807) is 7.11 Å². The van der Waals surface area contributed by atoms with E-state index in [0.29, 0.717) is 6.54 Å². The molecular weight excluding hydrogens is 448 g/mol. The Kier molecular flexibility index (Phi) is 7.33. The normalized spacial score (nSPS) is 14.7. The molecular formula is C30H34N4O2. The Labute approximate surface area is 212 Å². The minimum absolute atomic E-state index is 0.0733. The van der Waals surface area contributed by atoms with E-state index in [9.17, 15) is 4.79 Å². The number of rotatable bonds is 8. The standard InChI is InChI=1S/C30H34N4O2/c1-22-6-5-7-24(18-22)19-31-30(35)25-14-16-33(17-15-25)21-29-32-27-8-3-4-9-28(27)34(29)20-23-10-12-26(36-2)13-11-23/h3-13,18,25H,14-17,19-21H2,1-2H3,(H,31,35). The highest BCUT2D eigenvalue weighted by atomic mass is 16.5. The van der Waals surface area contributed by atoms with Gasteiger partial charge in [-0.25, -0.2) is 4.98 Å². The number of imidazole rings is 1. The third-order valence-electron chi connectivity index (χ3n) is 7.11. The highest BCUT2D eigenvalue weighted by molar-refractivity contribution is 5.78. The molecule has 6 heteroatoms. The van der Waals surface area contributed by atoms with Crippen LogP contribution in [0.3, 0.4) is 0 Å². The van der Waals surface area contributed by atoms with Crippen molar-refractivity contribution in [1.82, 2.24) is 19.8 Å². The maximum Gasteiger partial charge on any atom is 0.223 e. The van der Waals surface area contributed by atoms with Gasteiger partial charge in [-0.2, -0.15) is 0 Å². The Balaban J connectivity index is 1.22. The highest BCUT2D eigenvalue weighted by Gasteiger charge is 2.26. The van der Waals surface area contributed by atoms with E-state index >= 15 is 0 Å². The Morgan fingerprint density at radius 1 is 0.972 bits per heavy atom. The number of hydrogen-bond acceptors (Lipinski definition) is 4. The number of para-hydroxylation sites is 2. The first-order valence-corrected chi connectivity index (χ1v) is 12.7. The number of hydrogen-bond donors (Lipinski definition) is 1. The maximum atomic E-state index is 12.8. The molecule has 1 fully saturated rings. The lowest BCUT2D eigenvalue weighted by Gasteiger charge is -2.31. The summed E-state index contributed by atoms with van der Waals surface area (Å²) in [6, 6.07) is 24.9. The number of methoxy groups -OCH3 is 1. The van der Waals surface area contributed by atoms with Crippen LogP contribution in [0.25, 0.3) is 11.0 Å². The summed E-state index contributed by atoms with van der Waals surface area (Å²) < 4.78 is 7.63. The third kappa shape index (κ3) is 5.60. The summed E-state index contributed by atoms with van der Waals surface area (Å²) in [5.41, 5.74) is 5.74. The maximum absolute atomic E-state index is 12.8. The van der Waals surface area contributed by atoms with Crippen molar-refractivity contribution in [2.24, 2.45) is 5.92 Å². The van der Waals surface area contributed by atoms with Gasteiger partial charge in [0.25, 0.3) is 0 Å². The molecule has 4 aromatic rings. The van der Waals surface area contributed by atoms with Gasteiger partial charge in [-0.1, -0.05) is 54.1 Å². The van der Waals surface area contributed by atoms with E-state index in [4.69, 9.17) is 9.72 Å². The van der Waals surface area contributed by atoms with Gasteiger partial charge in [-0.05, 0) is 68.2 Å². The molecule has 0 bridgehead atoms. The Bertz CT molecular complexity index is 1320. The topological polar surface area (TPSA) is 59.4 Å². The highest BCUT2D eigenvalue weighted by Crippen LogP contribution is 2.23. The largest absolute Gasteiger partial charge is 0.497 e. The molecule has 1 N–H and O–H groups in total. The first-order valence-electron chi connectivity index (χ1n) is 12.7. The number of piperidine rings is 1. The van der Waals surface area contributed by atoms with Gasteiger partial charge in [0.05, 0.1) is 24.7 Å². The molecule has 3 aromatic carbocycles. The van der Waals surface area contributed by atoms with Crippen molar-refractivity contribution in [2.45, 2.75) is 39.4 Å². The van der Waals surface area contributed by atoms with Gasteiger partial charge in [0.2, 0.25) is 5.91 Å². The first-order chi connectivity index (χ1) is 17.6.